The van der Waals surface area contributed by atoms with Crippen LogP contribution in [0.5, 0.6) is 0 Å². The maximum Gasteiger partial charge on any atom is 0.331 e. The number of hydrogen-bond acceptors (Lipinski definition) is 4. The molecular formula is C14H13NO2S. The van der Waals surface area contributed by atoms with Crippen molar-refractivity contribution in [2.24, 2.45) is 0 Å². The minimum absolute atomic E-state index is 0.343. The fourth-order valence-corrected chi connectivity index (χ4v) is 2.20. The van der Waals surface area contributed by atoms with Crippen molar-refractivity contribution in [2.45, 2.75) is 6.92 Å². The lowest BCUT2D eigenvalue weighted by molar-refractivity contribution is -0.137. The van der Waals surface area contributed by atoms with Gasteiger partial charge in [0.1, 0.15) is 0 Å². The molecule has 92 valence electrons. The van der Waals surface area contributed by atoms with Crippen LogP contribution < -0.4 is 0 Å². The first-order valence-electron chi connectivity index (χ1n) is 5.63. The van der Waals surface area contributed by atoms with E-state index in [0.717, 1.165) is 16.8 Å². The van der Waals surface area contributed by atoms with Crippen molar-refractivity contribution in [3.05, 3.63) is 58.6 Å². The van der Waals surface area contributed by atoms with Gasteiger partial charge >= 0.3 is 5.97 Å². The second kappa shape index (κ2) is 6.12. The van der Waals surface area contributed by atoms with Gasteiger partial charge in [0.25, 0.3) is 0 Å². The average molecular weight is 259 g/mol. The van der Waals surface area contributed by atoms with Crippen LogP contribution in [0.15, 0.2) is 47.3 Å². The van der Waals surface area contributed by atoms with Gasteiger partial charge in [-0.2, -0.15) is 11.3 Å². The summed E-state index contributed by atoms with van der Waals surface area (Å²) in [5.74, 6) is -0.343. The number of carbonyl (C=O) groups excluding carboxylic acids is 1. The van der Waals surface area contributed by atoms with Crippen molar-refractivity contribution in [1.82, 2.24) is 4.98 Å². The smallest absolute Gasteiger partial charge is 0.331 e. The maximum absolute atomic E-state index is 11.6. The molecule has 4 heteroatoms. The third-order valence-electron chi connectivity index (χ3n) is 2.32. The van der Waals surface area contributed by atoms with Crippen molar-refractivity contribution >= 4 is 22.9 Å². The molecule has 2 aromatic heterocycles. The van der Waals surface area contributed by atoms with Gasteiger partial charge in [-0.05, 0) is 41.4 Å². The van der Waals surface area contributed by atoms with E-state index in [1.54, 1.807) is 24.5 Å². The van der Waals surface area contributed by atoms with Gasteiger partial charge in [0.2, 0.25) is 0 Å². The van der Waals surface area contributed by atoms with E-state index < -0.39 is 0 Å². The van der Waals surface area contributed by atoms with Crippen LogP contribution >= 0.6 is 11.3 Å². The van der Waals surface area contributed by atoms with E-state index in [9.17, 15) is 4.79 Å². The van der Waals surface area contributed by atoms with Crippen LogP contribution in [0.1, 0.15) is 18.2 Å². The van der Waals surface area contributed by atoms with E-state index in [0.29, 0.717) is 6.61 Å². The van der Waals surface area contributed by atoms with E-state index in [-0.39, 0.29) is 5.97 Å². The van der Waals surface area contributed by atoms with Gasteiger partial charge < -0.3 is 4.74 Å². The van der Waals surface area contributed by atoms with Crippen molar-refractivity contribution < 1.29 is 9.53 Å². The Balaban J connectivity index is 2.39. The molecule has 0 aromatic carbocycles. The molecule has 0 aliphatic carbocycles. The molecule has 0 N–H and O–H groups in total. The third-order valence-corrected chi connectivity index (χ3v) is 3.01. The predicted octanol–water partition coefficient (Wildman–Crippen LogP) is 3.14. The summed E-state index contributed by atoms with van der Waals surface area (Å²) in [5, 5.41) is 3.96. The van der Waals surface area contributed by atoms with Crippen molar-refractivity contribution in [3.8, 4) is 0 Å². The van der Waals surface area contributed by atoms with E-state index in [4.69, 9.17) is 4.74 Å². The Morgan fingerprint density at radius 2 is 2.33 bits per heavy atom. The number of esters is 1. The molecule has 0 saturated heterocycles. The minimum atomic E-state index is -0.343. The summed E-state index contributed by atoms with van der Waals surface area (Å²) >= 11 is 1.58. The second-order valence-electron chi connectivity index (χ2n) is 3.54. The monoisotopic (exact) mass is 259 g/mol. The molecule has 2 rings (SSSR count). The first-order valence-corrected chi connectivity index (χ1v) is 6.58. The van der Waals surface area contributed by atoms with E-state index in [1.165, 1.54) is 6.08 Å². The highest BCUT2D eigenvalue weighted by Crippen LogP contribution is 2.23. The zero-order valence-electron chi connectivity index (χ0n) is 10.00. The lowest BCUT2D eigenvalue weighted by atomic mass is 10.1. The van der Waals surface area contributed by atoms with Crippen molar-refractivity contribution in [3.63, 3.8) is 0 Å². The predicted molar refractivity (Wildman–Crippen MR) is 72.3 cm³/mol. The minimum Gasteiger partial charge on any atom is -0.463 e. The SMILES string of the molecule is CCOC(=O)C=C(c1ccsc1)c1ccccn1. The van der Waals surface area contributed by atoms with Gasteiger partial charge in [-0.15, -0.1) is 0 Å². The highest BCUT2D eigenvalue weighted by atomic mass is 32.1. The molecule has 0 aliphatic rings. The molecule has 0 atom stereocenters. The van der Waals surface area contributed by atoms with Crippen molar-refractivity contribution in [1.29, 1.82) is 0 Å². The lowest BCUT2D eigenvalue weighted by Crippen LogP contribution is -2.02. The maximum atomic E-state index is 11.6. The van der Waals surface area contributed by atoms with E-state index in [1.807, 2.05) is 35.0 Å². The second-order valence-corrected chi connectivity index (χ2v) is 4.32. The largest absolute Gasteiger partial charge is 0.463 e. The first-order chi connectivity index (χ1) is 8.81. The molecule has 0 spiro atoms. The van der Waals surface area contributed by atoms with E-state index >= 15 is 0 Å². The molecule has 2 aromatic rings. The van der Waals surface area contributed by atoms with Gasteiger partial charge in [0, 0.05) is 17.8 Å². The normalized spacial score (nSPS) is 11.3. The van der Waals surface area contributed by atoms with Gasteiger partial charge in [0.05, 0.1) is 12.3 Å². The zero-order chi connectivity index (χ0) is 12.8. The number of carbonyl (C=O) groups is 1. The third kappa shape index (κ3) is 3.05. The van der Waals surface area contributed by atoms with Crippen LogP contribution in [0.2, 0.25) is 0 Å². The highest BCUT2D eigenvalue weighted by Gasteiger charge is 2.09. The average Bonchev–Trinajstić information content (AvgIpc) is 2.91. The highest BCUT2D eigenvalue weighted by molar-refractivity contribution is 7.08. The van der Waals surface area contributed by atoms with Crippen LogP contribution in [-0.2, 0) is 9.53 Å². The Bertz CT molecular complexity index is 532. The van der Waals surface area contributed by atoms with Crippen molar-refractivity contribution in [2.75, 3.05) is 6.61 Å². The van der Waals surface area contributed by atoms with Crippen LogP contribution in [0.25, 0.3) is 5.57 Å². The summed E-state index contributed by atoms with van der Waals surface area (Å²) in [6.07, 6.45) is 3.20. The Labute approximate surface area is 110 Å². The van der Waals surface area contributed by atoms with E-state index in [2.05, 4.69) is 4.98 Å². The quantitative estimate of drug-likeness (QED) is 0.625. The molecule has 3 nitrogen and oxygen atoms in total. The van der Waals surface area contributed by atoms with Crippen LogP contribution in [0, 0.1) is 0 Å². The van der Waals surface area contributed by atoms with Crippen LogP contribution in [0.3, 0.4) is 0 Å². The number of aromatic nitrogens is 1. The fraction of sp³-hybridized carbons (Fsp3) is 0.143. The summed E-state index contributed by atoms with van der Waals surface area (Å²) in [5.41, 5.74) is 2.53. The summed E-state index contributed by atoms with van der Waals surface area (Å²) in [6, 6.07) is 7.58. The summed E-state index contributed by atoms with van der Waals surface area (Å²) < 4.78 is 4.95. The molecule has 0 amide bonds. The Hall–Kier alpha value is -1.94. The summed E-state index contributed by atoms with van der Waals surface area (Å²) in [7, 11) is 0. The zero-order valence-corrected chi connectivity index (χ0v) is 10.8. The van der Waals surface area contributed by atoms with Crippen LogP contribution in [0.4, 0.5) is 0 Å². The molecule has 18 heavy (non-hydrogen) atoms. The number of ether oxygens (including phenoxy) is 1. The summed E-state index contributed by atoms with van der Waals surface area (Å²) in [4.78, 5) is 15.9. The molecule has 0 radical (unpaired) electrons. The molecule has 0 bridgehead atoms. The first kappa shape index (κ1) is 12.5. The number of pyridine rings is 1. The van der Waals surface area contributed by atoms with Gasteiger partial charge in [-0.25, -0.2) is 4.79 Å². The number of rotatable bonds is 4. The Morgan fingerprint density at radius 1 is 1.44 bits per heavy atom. The molecule has 2 heterocycles. The summed E-state index contributed by atoms with van der Waals surface area (Å²) in [6.45, 7) is 2.16. The molecule has 0 aliphatic heterocycles. The number of nitrogens with zero attached hydrogens (tertiary/aromatic N) is 1. The molecule has 0 saturated carbocycles. The molecule has 0 unspecified atom stereocenters. The Kier molecular flexibility index (Phi) is 4.25. The van der Waals surface area contributed by atoms with Gasteiger partial charge in [-0.3, -0.25) is 4.98 Å². The van der Waals surface area contributed by atoms with Gasteiger partial charge in [-0.1, -0.05) is 6.07 Å². The standard InChI is InChI=1S/C14H13NO2S/c1-2-17-14(16)9-12(11-6-8-18-10-11)13-5-3-4-7-15-13/h3-10H,2H2,1H3. The van der Waals surface area contributed by atoms with Gasteiger partial charge in [0.15, 0.2) is 0 Å². The Morgan fingerprint density at radius 3 is 2.94 bits per heavy atom. The lowest BCUT2D eigenvalue weighted by Gasteiger charge is -2.05. The number of thiophene rings is 1. The van der Waals surface area contributed by atoms with Crippen LogP contribution in [-0.4, -0.2) is 17.6 Å². The molecule has 0 fully saturated rings. The fourth-order valence-electron chi connectivity index (χ4n) is 1.55. The topological polar surface area (TPSA) is 39.2 Å². The number of hydrogen-bond donors (Lipinski definition) is 0. The molecular weight excluding hydrogens is 246 g/mol.